The van der Waals surface area contributed by atoms with E-state index >= 15 is 0 Å². The van der Waals surface area contributed by atoms with Crippen molar-refractivity contribution in [3.05, 3.63) is 35.9 Å². The average Bonchev–Trinajstić information content (AvgIpc) is 2.70. The third kappa shape index (κ3) is 14.7. The zero-order valence-electron chi connectivity index (χ0n) is 18.0. The summed E-state index contributed by atoms with van der Waals surface area (Å²) in [5, 5.41) is 9.10. The Kier molecular flexibility index (Phi) is 15.6. The van der Waals surface area contributed by atoms with Crippen LogP contribution in [0.4, 0.5) is 0 Å². The Labute approximate surface area is 172 Å². The van der Waals surface area contributed by atoms with Crippen LogP contribution in [0.15, 0.2) is 30.3 Å². The van der Waals surface area contributed by atoms with Crippen LogP contribution in [0.25, 0.3) is 0 Å². The molecule has 0 amide bonds. The molecule has 3 nitrogen and oxygen atoms in total. The van der Waals surface area contributed by atoms with E-state index in [4.69, 9.17) is 9.84 Å². The van der Waals surface area contributed by atoms with Gasteiger partial charge in [0.15, 0.2) is 0 Å². The summed E-state index contributed by atoms with van der Waals surface area (Å²) in [5.41, 5.74) is 1.10. The van der Waals surface area contributed by atoms with Gasteiger partial charge in [-0.3, -0.25) is 4.79 Å². The van der Waals surface area contributed by atoms with Crippen molar-refractivity contribution < 1.29 is 14.6 Å². The number of carboxylic acids is 1. The van der Waals surface area contributed by atoms with Gasteiger partial charge in [-0.15, -0.1) is 0 Å². The number of hydrogen-bond acceptors (Lipinski definition) is 2. The third-order valence-corrected chi connectivity index (χ3v) is 5.36. The molecule has 0 heterocycles. The molecular weight excluding hydrogens is 348 g/mol. The third-order valence-electron chi connectivity index (χ3n) is 5.36. The molecule has 0 radical (unpaired) electrons. The maximum atomic E-state index is 11.1. The lowest BCUT2D eigenvalue weighted by molar-refractivity contribution is -0.140. The molecule has 0 aliphatic carbocycles. The first-order valence-corrected chi connectivity index (χ1v) is 11.6. The first-order valence-electron chi connectivity index (χ1n) is 11.6. The van der Waals surface area contributed by atoms with E-state index in [1.54, 1.807) is 0 Å². The smallest absolute Gasteiger partial charge is 0.305 e. The molecule has 0 saturated heterocycles. The molecule has 1 unspecified atom stereocenters. The molecular formula is C25H42O3. The molecule has 28 heavy (non-hydrogen) atoms. The van der Waals surface area contributed by atoms with E-state index in [-0.39, 0.29) is 12.5 Å². The van der Waals surface area contributed by atoms with Gasteiger partial charge in [0.05, 0.1) is 19.1 Å². The molecule has 160 valence electrons. The van der Waals surface area contributed by atoms with Crippen LogP contribution in [0.3, 0.4) is 0 Å². The first kappa shape index (κ1) is 24.7. The monoisotopic (exact) mass is 390 g/mol. The summed E-state index contributed by atoms with van der Waals surface area (Å²) in [4.78, 5) is 11.1. The van der Waals surface area contributed by atoms with Crippen LogP contribution in [-0.4, -0.2) is 17.2 Å². The zero-order valence-corrected chi connectivity index (χ0v) is 18.0. The number of carboxylic acid groups (broad SMARTS) is 1. The molecule has 0 spiro atoms. The van der Waals surface area contributed by atoms with Crippen molar-refractivity contribution in [1.82, 2.24) is 0 Å². The minimum atomic E-state index is -0.771. The Hall–Kier alpha value is -1.35. The molecule has 0 fully saturated rings. The number of aliphatic carboxylic acids is 1. The van der Waals surface area contributed by atoms with Crippen LogP contribution in [0.5, 0.6) is 0 Å². The van der Waals surface area contributed by atoms with Gasteiger partial charge >= 0.3 is 5.97 Å². The number of rotatable bonds is 19. The summed E-state index contributed by atoms with van der Waals surface area (Å²) in [5.74, 6) is -0.771. The molecule has 0 aromatic heterocycles. The van der Waals surface area contributed by atoms with E-state index in [1.165, 1.54) is 77.0 Å². The number of ether oxygens (including phenoxy) is 1. The predicted molar refractivity (Wildman–Crippen MR) is 118 cm³/mol. The highest BCUT2D eigenvalue weighted by atomic mass is 16.5. The van der Waals surface area contributed by atoms with E-state index < -0.39 is 5.97 Å². The van der Waals surface area contributed by atoms with E-state index in [2.05, 4.69) is 6.92 Å². The predicted octanol–water partition coefficient (Wildman–Crippen LogP) is 7.53. The highest BCUT2D eigenvalue weighted by Crippen LogP contribution is 2.16. The van der Waals surface area contributed by atoms with Gasteiger partial charge in [0, 0.05) is 0 Å². The molecule has 1 atom stereocenters. The summed E-state index contributed by atoms with van der Waals surface area (Å²) >= 11 is 0. The minimum absolute atomic E-state index is 0.102. The summed E-state index contributed by atoms with van der Waals surface area (Å²) < 4.78 is 5.87. The van der Waals surface area contributed by atoms with Crippen LogP contribution >= 0.6 is 0 Å². The molecule has 3 heteroatoms. The Morgan fingerprint density at radius 3 is 1.82 bits per heavy atom. The van der Waals surface area contributed by atoms with E-state index in [1.807, 2.05) is 30.3 Å². The maximum Gasteiger partial charge on any atom is 0.305 e. The Balaban J connectivity index is 1.99. The summed E-state index contributed by atoms with van der Waals surface area (Å²) in [6.45, 7) is 2.77. The summed E-state index contributed by atoms with van der Waals surface area (Å²) in [6.07, 6.45) is 18.0. The van der Waals surface area contributed by atoms with Crippen molar-refractivity contribution in [2.45, 2.75) is 116 Å². The first-order chi connectivity index (χ1) is 13.7. The fourth-order valence-corrected chi connectivity index (χ4v) is 3.62. The molecule has 1 aromatic carbocycles. The second-order valence-corrected chi connectivity index (χ2v) is 8.05. The van der Waals surface area contributed by atoms with Crippen molar-refractivity contribution >= 4 is 5.97 Å². The Morgan fingerprint density at radius 2 is 1.32 bits per heavy atom. The zero-order chi connectivity index (χ0) is 20.3. The van der Waals surface area contributed by atoms with Crippen LogP contribution in [0, 0.1) is 0 Å². The highest BCUT2D eigenvalue weighted by molar-refractivity contribution is 5.67. The quantitative estimate of drug-likeness (QED) is 0.248. The molecule has 0 bridgehead atoms. The highest BCUT2D eigenvalue weighted by Gasteiger charge is 2.13. The van der Waals surface area contributed by atoms with Gasteiger partial charge in [0.2, 0.25) is 0 Å². The lowest BCUT2D eigenvalue weighted by atomic mass is 10.0. The van der Waals surface area contributed by atoms with Gasteiger partial charge in [0.25, 0.3) is 0 Å². The van der Waals surface area contributed by atoms with Crippen LogP contribution in [-0.2, 0) is 16.1 Å². The fourth-order valence-electron chi connectivity index (χ4n) is 3.62. The van der Waals surface area contributed by atoms with Crippen molar-refractivity contribution in [1.29, 1.82) is 0 Å². The number of benzene rings is 1. The molecule has 1 aromatic rings. The molecule has 0 aliphatic rings. The maximum absolute atomic E-state index is 11.1. The topological polar surface area (TPSA) is 46.5 Å². The van der Waals surface area contributed by atoms with Crippen molar-refractivity contribution in [2.24, 2.45) is 0 Å². The van der Waals surface area contributed by atoms with Crippen molar-refractivity contribution in [3.63, 3.8) is 0 Å². The summed E-state index contributed by atoms with van der Waals surface area (Å²) in [6, 6.07) is 9.98. The second-order valence-electron chi connectivity index (χ2n) is 8.05. The van der Waals surface area contributed by atoms with E-state index in [0.29, 0.717) is 6.61 Å². The van der Waals surface area contributed by atoms with Gasteiger partial charge in [0.1, 0.15) is 0 Å². The van der Waals surface area contributed by atoms with Crippen LogP contribution in [0.2, 0.25) is 0 Å². The van der Waals surface area contributed by atoms with Gasteiger partial charge in [-0.2, -0.15) is 0 Å². The lowest BCUT2D eigenvalue weighted by Gasteiger charge is -2.16. The van der Waals surface area contributed by atoms with Crippen molar-refractivity contribution in [3.8, 4) is 0 Å². The van der Waals surface area contributed by atoms with E-state index in [0.717, 1.165) is 18.4 Å². The molecule has 1 N–H and O–H groups in total. The molecule has 0 aliphatic heterocycles. The number of unbranched alkanes of at least 4 members (excludes halogenated alkanes) is 12. The Morgan fingerprint density at radius 1 is 0.821 bits per heavy atom. The standard InChI is InChI=1S/C25H42O3/c1-2-3-4-5-6-7-8-9-10-11-12-13-17-20-24(21-25(26)27)28-22-23-18-15-14-16-19-23/h14-16,18-19,24H,2-13,17,20-22H2,1H3,(H,26,27). The van der Waals surface area contributed by atoms with Crippen LogP contribution in [0.1, 0.15) is 109 Å². The van der Waals surface area contributed by atoms with Gasteiger partial charge in [-0.1, -0.05) is 121 Å². The number of hydrogen-bond donors (Lipinski definition) is 1. The summed E-state index contributed by atoms with van der Waals surface area (Å²) in [7, 11) is 0. The fraction of sp³-hybridized carbons (Fsp3) is 0.720. The number of carbonyl (C=O) groups is 1. The average molecular weight is 391 g/mol. The SMILES string of the molecule is CCCCCCCCCCCCCCCC(CC(=O)O)OCc1ccccc1. The normalized spacial score (nSPS) is 12.2. The minimum Gasteiger partial charge on any atom is -0.481 e. The van der Waals surface area contributed by atoms with Gasteiger partial charge < -0.3 is 9.84 Å². The van der Waals surface area contributed by atoms with Crippen LogP contribution < -0.4 is 0 Å². The van der Waals surface area contributed by atoms with Gasteiger partial charge in [-0.05, 0) is 12.0 Å². The van der Waals surface area contributed by atoms with Gasteiger partial charge in [-0.25, -0.2) is 0 Å². The largest absolute Gasteiger partial charge is 0.481 e. The lowest BCUT2D eigenvalue weighted by Crippen LogP contribution is -2.17. The molecule has 1 rings (SSSR count). The second kappa shape index (κ2) is 17.7. The van der Waals surface area contributed by atoms with Crippen molar-refractivity contribution in [2.75, 3.05) is 0 Å². The Bertz CT molecular complexity index is 472. The molecule has 0 saturated carbocycles. The van der Waals surface area contributed by atoms with E-state index in [9.17, 15) is 4.79 Å².